The van der Waals surface area contributed by atoms with Crippen molar-refractivity contribution in [3.05, 3.63) is 77.4 Å². The monoisotopic (exact) mass is 340 g/mol. The summed E-state index contributed by atoms with van der Waals surface area (Å²) in [5.41, 5.74) is 2.35. The van der Waals surface area contributed by atoms with E-state index in [1.165, 1.54) is 12.1 Å². The lowest BCUT2D eigenvalue weighted by molar-refractivity contribution is -0.671. The number of nitro benzene ring substituents is 1. The highest BCUT2D eigenvalue weighted by Crippen LogP contribution is 2.25. The zero-order valence-corrected chi connectivity index (χ0v) is 13.4. The van der Waals surface area contributed by atoms with Crippen molar-refractivity contribution in [2.45, 2.75) is 0 Å². The Bertz CT molecular complexity index is 896. The first-order valence-electron chi connectivity index (χ1n) is 7.37. The summed E-state index contributed by atoms with van der Waals surface area (Å²) >= 11 is 0. The Labute approximate surface area is 143 Å². The minimum Gasteiger partial charge on any atom is -0.319 e. The number of nitrogens with zero attached hydrogens (tertiary/aromatic N) is 3. The third-order valence-corrected chi connectivity index (χ3v) is 3.71. The van der Waals surface area contributed by atoms with E-state index in [-0.39, 0.29) is 11.4 Å². The van der Waals surface area contributed by atoms with Gasteiger partial charge in [0.05, 0.1) is 11.0 Å². The smallest absolute Gasteiger partial charge is 0.319 e. The quantitative estimate of drug-likeness (QED) is 0.329. The molecule has 126 valence electrons. The molecule has 0 saturated heterocycles. The summed E-state index contributed by atoms with van der Waals surface area (Å²) in [5.74, 6) is 4.96. The van der Waals surface area contributed by atoms with E-state index >= 15 is 0 Å². The van der Waals surface area contributed by atoms with E-state index < -0.39 is 4.92 Å². The van der Waals surface area contributed by atoms with Gasteiger partial charge in [0.2, 0.25) is 0 Å². The maximum atomic E-state index is 11.3. The molecule has 0 spiro atoms. The molecule has 0 aliphatic rings. The first-order valence-corrected chi connectivity index (χ1v) is 7.37. The molecule has 0 aliphatic carbocycles. The first-order chi connectivity index (χ1) is 12.1. The molecule has 0 unspecified atom stereocenters. The van der Waals surface area contributed by atoms with Crippen molar-refractivity contribution in [2.24, 2.45) is 12.9 Å². The summed E-state index contributed by atoms with van der Waals surface area (Å²) in [4.78, 5) is 19.5. The second-order valence-corrected chi connectivity index (χ2v) is 5.33. The van der Waals surface area contributed by atoms with Crippen LogP contribution in [0.15, 0.2) is 67.3 Å². The summed E-state index contributed by atoms with van der Waals surface area (Å²) in [5, 5.41) is 11.3. The van der Waals surface area contributed by atoms with Crippen LogP contribution >= 0.6 is 0 Å². The molecule has 2 N–H and O–H groups in total. The van der Waals surface area contributed by atoms with Crippen molar-refractivity contribution >= 4 is 5.69 Å². The number of nitrogens with two attached hydrogens (primary N) is 1. The average molecular weight is 340 g/mol. The minimum absolute atomic E-state index is 0.126. The summed E-state index contributed by atoms with van der Waals surface area (Å²) in [6, 6.07) is 12.1. The predicted octanol–water partition coefficient (Wildman–Crippen LogP) is 1.55. The highest BCUT2D eigenvalue weighted by Gasteiger charge is 2.23. The number of hydrogen-bond acceptors (Lipinski definition) is 5. The van der Waals surface area contributed by atoms with Gasteiger partial charge >= 0.3 is 5.69 Å². The standard InChI is InChI=1S/C17H16N4O4/c1-19-8-4-13(5-9-19)14-6-10-20(11-7-14)16-3-2-15(24-25-18)12-17(16)21(22)23/h2-12H,18H2,1H3/q+2. The van der Waals surface area contributed by atoms with Gasteiger partial charge in [-0.25, -0.2) is 4.57 Å². The molecule has 3 rings (SSSR count). The lowest BCUT2D eigenvalue weighted by Crippen LogP contribution is -2.30. The van der Waals surface area contributed by atoms with Gasteiger partial charge < -0.3 is 4.89 Å². The maximum absolute atomic E-state index is 11.3. The van der Waals surface area contributed by atoms with E-state index in [9.17, 15) is 10.1 Å². The van der Waals surface area contributed by atoms with E-state index in [0.29, 0.717) is 5.69 Å². The Kier molecular flexibility index (Phi) is 4.64. The van der Waals surface area contributed by atoms with E-state index in [1.807, 2.05) is 48.3 Å². The molecule has 2 heterocycles. The van der Waals surface area contributed by atoms with Crippen LogP contribution in [0, 0.1) is 10.1 Å². The Balaban J connectivity index is 1.96. The molecule has 8 heteroatoms. The Morgan fingerprint density at radius 3 is 2.16 bits per heavy atom. The lowest BCUT2D eigenvalue weighted by atomic mass is 10.1. The number of pyridine rings is 2. The third kappa shape index (κ3) is 3.60. The van der Waals surface area contributed by atoms with Crippen LogP contribution in [0.3, 0.4) is 0 Å². The van der Waals surface area contributed by atoms with Crippen molar-refractivity contribution in [3.8, 4) is 22.6 Å². The van der Waals surface area contributed by atoms with E-state index in [0.717, 1.165) is 11.1 Å². The van der Waals surface area contributed by atoms with Crippen molar-refractivity contribution in [2.75, 3.05) is 0 Å². The summed E-state index contributed by atoms with van der Waals surface area (Å²) < 4.78 is 3.61. The fourth-order valence-electron chi connectivity index (χ4n) is 2.45. The normalized spacial score (nSPS) is 10.5. The lowest BCUT2D eigenvalue weighted by Gasteiger charge is -2.03. The van der Waals surface area contributed by atoms with Gasteiger partial charge in [0, 0.05) is 30.3 Å². The SMILES string of the molecule is C[n+]1ccc(-c2cc[n+](-c3ccc(OON)cc3[N+](=O)[O-])cc2)cc1. The van der Waals surface area contributed by atoms with Crippen molar-refractivity contribution < 1.29 is 23.9 Å². The van der Waals surface area contributed by atoms with Crippen LogP contribution in [0.25, 0.3) is 16.8 Å². The molecule has 3 aromatic rings. The van der Waals surface area contributed by atoms with Crippen LogP contribution < -0.4 is 19.9 Å². The molecule has 0 bridgehead atoms. The topological polar surface area (TPSA) is 95.4 Å². The van der Waals surface area contributed by atoms with Crippen LogP contribution in [0.2, 0.25) is 0 Å². The number of nitro groups is 1. The fourth-order valence-corrected chi connectivity index (χ4v) is 2.45. The average Bonchev–Trinajstić information content (AvgIpc) is 2.63. The number of aromatic nitrogens is 2. The Morgan fingerprint density at radius 1 is 1.00 bits per heavy atom. The zero-order valence-electron chi connectivity index (χ0n) is 13.4. The van der Waals surface area contributed by atoms with Crippen LogP contribution in [-0.4, -0.2) is 4.92 Å². The zero-order chi connectivity index (χ0) is 17.8. The second-order valence-electron chi connectivity index (χ2n) is 5.33. The molecule has 0 atom stereocenters. The molecule has 0 amide bonds. The number of hydrogen-bond donors (Lipinski definition) is 1. The molecule has 1 aromatic carbocycles. The molecular formula is C17H16N4O4+2. The van der Waals surface area contributed by atoms with E-state index in [4.69, 9.17) is 5.90 Å². The molecule has 0 radical (unpaired) electrons. The summed E-state index contributed by atoms with van der Waals surface area (Å²) in [6.07, 6.45) is 7.45. The highest BCUT2D eigenvalue weighted by molar-refractivity contribution is 5.61. The van der Waals surface area contributed by atoms with Gasteiger partial charge in [-0.1, -0.05) is 4.99 Å². The second kappa shape index (κ2) is 7.04. The first kappa shape index (κ1) is 16.5. The molecule has 2 aromatic heterocycles. The summed E-state index contributed by atoms with van der Waals surface area (Å²) in [6.45, 7) is 0. The van der Waals surface area contributed by atoms with Crippen LogP contribution in [-0.2, 0) is 12.0 Å². The summed E-state index contributed by atoms with van der Waals surface area (Å²) in [7, 11) is 1.95. The maximum Gasteiger partial charge on any atom is 0.344 e. The van der Waals surface area contributed by atoms with Crippen LogP contribution in [0.5, 0.6) is 5.75 Å². The molecule has 8 nitrogen and oxygen atoms in total. The van der Waals surface area contributed by atoms with Crippen molar-refractivity contribution in [3.63, 3.8) is 0 Å². The van der Waals surface area contributed by atoms with E-state index in [2.05, 4.69) is 9.88 Å². The molecular weight excluding hydrogens is 324 g/mol. The largest absolute Gasteiger partial charge is 0.344 e. The van der Waals surface area contributed by atoms with Gasteiger partial charge in [-0.15, -0.1) is 0 Å². The molecule has 25 heavy (non-hydrogen) atoms. The number of aryl methyl sites for hydroxylation is 1. The van der Waals surface area contributed by atoms with Gasteiger partial charge in [0.15, 0.2) is 30.5 Å². The van der Waals surface area contributed by atoms with Gasteiger partial charge in [0.25, 0.3) is 5.69 Å². The highest BCUT2D eigenvalue weighted by atomic mass is 17.3. The molecule has 0 aliphatic heterocycles. The van der Waals surface area contributed by atoms with Gasteiger partial charge in [-0.05, 0) is 17.2 Å². The Hall–Kier alpha value is -3.36. The van der Waals surface area contributed by atoms with Gasteiger partial charge in [-0.2, -0.15) is 10.5 Å². The predicted molar refractivity (Wildman–Crippen MR) is 87.1 cm³/mol. The number of benzene rings is 1. The molecule has 0 fully saturated rings. The van der Waals surface area contributed by atoms with Crippen molar-refractivity contribution in [1.29, 1.82) is 0 Å². The van der Waals surface area contributed by atoms with Crippen LogP contribution in [0.4, 0.5) is 5.69 Å². The van der Waals surface area contributed by atoms with E-state index in [1.54, 1.807) is 23.0 Å². The number of rotatable bonds is 5. The fraction of sp³-hybridized carbons (Fsp3) is 0.0588. The van der Waals surface area contributed by atoms with Gasteiger partial charge in [0.1, 0.15) is 7.05 Å². The third-order valence-electron chi connectivity index (χ3n) is 3.71. The molecule has 0 saturated carbocycles. The Morgan fingerprint density at radius 2 is 1.60 bits per heavy atom. The van der Waals surface area contributed by atoms with Crippen molar-refractivity contribution in [1.82, 2.24) is 0 Å². The van der Waals surface area contributed by atoms with Gasteiger partial charge in [-0.3, -0.25) is 10.1 Å². The van der Waals surface area contributed by atoms with Crippen LogP contribution in [0.1, 0.15) is 0 Å². The minimum atomic E-state index is -0.489.